The summed E-state index contributed by atoms with van der Waals surface area (Å²) in [5.74, 6) is 0. The van der Waals surface area contributed by atoms with Crippen LogP contribution < -0.4 is 5.73 Å². The van der Waals surface area contributed by atoms with Gasteiger partial charge in [-0.1, -0.05) is 12.1 Å². The number of halogens is 3. The molecule has 17 heavy (non-hydrogen) atoms. The highest BCUT2D eigenvalue weighted by molar-refractivity contribution is 5.64. The lowest BCUT2D eigenvalue weighted by molar-refractivity contribution is -0.137. The SMILES string of the molecule is Nc1cccc(-c2cc(C(F)(F)F)ccn2)c1. The van der Waals surface area contributed by atoms with E-state index < -0.39 is 11.7 Å². The number of nitrogens with two attached hydrogens (primary N) is 1. The maximum absolute atomic E-state index is 12.5. The first-order valence-corrected chi connectivity index (χ1v) is 4.86. The standard InChI is InChI=1S/C12H9F3N2/c13-12(14,15)9-4-5-17-11(7-9)8-2-1-3-10(16)6-8/h1-7H,16H2. The topological polar surface area (TPSA) is 38.9 Å². The van der Waals surface area contributed by atoms with Crippen LogP contribution in [0.4, 0.5) is 18.9 Å². The van der Waals surface area contributed by atoms with Crippen LogP contribution in [0.1, 0.15) is 5.56 Å². The number of aromatic nitrogens is 1. The lowest BCUT2D eigenvalue weighted by Gasteiger charge is -2.08. The van der Waals surface area contributed by atoms with Gasteiger partial charge in [0, 0.05) is 17.4 Å². The lowest BCUT2D eigenvalue weighted by Crippen LogP contribution is -2.05. The van der Waals surface area contributed by atoms with Crippen LogP contribution in [-0.2, 0) is 6.18 Å². The average molecular weight is 238 g/mol. The van der Waals surface area contributed by atoms with E-state index in [1.807, 2.05) is 0 Å². The fraction of sp³-hybridized carbons (Fsp3) is 0.0833. The number of hydrogen-bond donors (Lipinski definition) is 1. The van der Waals surface area contributed by atoms with Crippen molar-refractivity contribution in [3.63, 3.8) is 0 Å². The van der Waals surface area contributed by atoms with E-state index in [1.165, 1.54) is 0 Å². The molecule has 0 bridgehead atoms. The van der Waals surface area contributed by atoms with Crippen LogP contribution in [0.2, 0.25) is 0 Å². The van der Waals surface area contributed by atoms with E-state index in [-0.39, 0.29) is 5.69 Å². The summed E-state index contributed by atoms with van der Waals surface area (Å²) in [5, 5.41) is 0. The molecule has 0 aliphatic carbocycles. The molecule has 0 saturated carbocycles. The van der Waals surface area contributed by atoms with Gasteiger partial charge in [0.1, 0.15) is 0 Å². The summed E-state index contributed by atoms with van der Waals surface area (Å²) in [4.78, 5) is 3.91. The first-order chi connectivity index (χ1) is 7.97. The van der Waals surface area contributed by atoms with Crippen molar-refractivity contribution in [2.75, 3.05) is 5.73 Å². The van der Waals surface area contributed by atoms with Crippen molar-refractivity contribution in [2.45, 2.75) is 6.18 Å². The van der Waals surface area contributed by atoms with E-state index in [9.17, 15) is 13.2 Å². The fourth-order valence-electron chi connectivity index (χ4n) is 1.46. The minimum absolute atomic E-state index is 0.257. The quantitative estimate of drug-likeness (QED) is 0.774. The summed E-state index contributed by atoms with van der Waals surface area (Å²) in [6.45, 7) is 0. The van der Waals surface area contributed by atoms with Crippen molar-refractivity contribution < 1.29 is 13.2 Å². The minimum Gasteiger partial charge on any atom is -0.399 e. The molecule has 0 amide bonds. The van der Waals surface area contributed by atoms with Crippen LogP contribution in [0, 0.1) is 0 Å². The summed E-state index contributed by atoms with van der Waals surface area (Å²) in [6, 6.07) is 8.54. The Kier molecular flexibility index (Phi) is 2.75. The zero-order chi connectivity index (χ0) is 12.5. The number of benzene rings is 1. The molecule has 0 fully saturated rings. The van der Waals surface area contributed by atoms with Gasteiger partial charge in [0.2, 0.25) is 0 Å². The second-order valence-corrected chi connectivity index (χ2v) is 3.55. The highest BCUT2D eigenvalue weighted by atomic mass is 19.4. The number of rotatable bonds is 1. The molecule has 1 aromatic carbocycles. The Hall–Kier alpha value is -2.04. The Morgan fingerprint density at radius 1 is 1.06 bits per heavy atom. The number of anilines is 1. The summed E-state index contributed by atoms with van der Waals surface area (Å²) in [5.41, 5.74) is 6.16. The molecule has 0 aliphatic rings. The second-order valence-electron chi connectivity index (χ2n) is 3.55. The van der Waals surface area contributed by atoms with Crippen molar-refractivity contribution in [1.29, 1.82) is 0 Å². The molecule has 2 aromatic rings. The smallest absolute Gasteiger partial charge is 0.399 e. The van der Waals surface area contributed by atoms with Crippen molar-refractivity contribution in [3.05, 3.63) is 48.2 Å². The van der Waals surface area contributed by atoms with E-state index >= 15 is 0 Å². The lowest BCUT2D eigenvalue weighted by atomic mass is 10.1. The number of alkyl halides is 3. The fourth-order valence-corrected chi connectivity index (χ4v) is 1.46. The van der Waals surface area contributed by atoms with Crippen LogP contribution in [-0.4, -0.2) is 4.98 Å². The van der Waals surface area contributed by atoms with Gasteiger partial charge in [0.25, 0.3) is 0 Å². The summed E-state index contributed by atoms with van der Waals surface area (Å²) in [7, 11) is 0. The van der Waals surface area contributed by atoms with E-state index in [0.717, 1.165) is 18.3 Å². The van der Waals surface area contributed by atoms with Crippen molar-refractivity contribution in [1.82, 2.24) is 4.98 Å². The van der Waals surface area contributed by atoms with Crippen LogP contribution in [0.15, 0.2) is 42.6 Å². The van der Waals surface area contributed by atoms with Crippen LogP contribution in [0.3, 0.4) is 0 Å². The van der Waals surface area contributed by atoms with E-state index in [1.54, 1.807) is 24.3 Å². The van der Waals surface area contributed by atoms with Crippen molar-refractivity contribution in [2.24, 2.45) is 0 Å². The average Bonchev–Trinajstić information content (AvgIpc) is 2.28. The molecule has 0 spiro atoms. The number of nitrogens with zero attached hydrogens (tertiary/aromatic N) is 1. The molecule has 88 valence electrons. The normalized spacial score (nSPS) is 11.5. The molecular weight excluding hydrogens is 229 g/mol. The Bertz CT molecular complexity index is 535. The monoisotopic (exact) mass is 238 g/mol. The molecule has 0 radical (unpaired) electrons. The molecule has 2 N–H and O–H groups in total. The Morgan fingerprint density at radius 3 is 2.47 bits per heavy atom. The minimum atomic E-state index is -4.36. The summed E-state index contributed by atoms with van der Waals surface area (Å²) in [6.07, 6.45) is -3.22. The van der Waals surface area contributed by atoms with Crippen LogP contribution in [0.5, 0.6) is 0 Å². The van der Waals surface area contributed by atoms with Gasteiger partial charge in [-0.05, 0) is 24.3 Å². The van der Waals surface area contributed by atoms with E-state index in [2.05, 4.69) is 4.98 Å². The zero-order valence-corrected chi connectivity index (χ0v) is 8.70. The molecule has 0 saturated heterocycles. The van der Waals surface area contributed by atoms with Gasteiger partial charge in [-0.15, -0.1) is 0 Å². The van der Waals surface area contributed by atoms with Gasteiger partial charge in [0.15, 0.2) is 0 Å². The zero-order valence-electron chi connectivity index (χ0n) is 8.70. The third kappa shape index (κ3) is 2.55. The first kappa shape index (κ1) is 11.4. The van der Waals surface area contributed by atoms with E-state index in [0.29, 0.717) is 11.3 Å². The molecule has 0 atom stereocenters. The Balaban J connectivity index is 2.47. The van der Waals surface area contributed by atoms with E-state index in [4.69, 9.17) is 5.73 Å². The third-order valence-electron chi connectivity index (χ3n) is 2.27. The molecule has 2 nitrogen and oxygen atoms in total. The predicted octanol–water partition coefficient (Wildman–Crippen LogP) is 3.35. The maximum Gasteiger partial charge on any atom is 0.416 e. The van der Waals surface area contributed by atoms with Gasteiger partial charge in [-0.3, -0.25) is 4.98 Å². The predicted molar refractivity (Wildman–Crippen MR) is 59.1 cm³/mol. The van der Waals surface area contributed by atoms with Crippen LogP contribution >= 0.6 is 0 Å². The van der Waals surface area contributed by atoms with Crippen molar-refractivity contribution in [3.8, 4) is 11.3 Å². The Morgan fingerprint density at radius 2 is 1.82 bits per heavy atom. The second kappa shape index (κ2) is 4.08. The van der Waals surface area contributed by atoms with Crippen molar-refractivity contribution >= 4 is 5.69 Å². The van der Waals surface area contributed by atoms with Gasteiger partial charge in [0.05, 0.1) is 11.3 Å². The number of hydrogen-bond acceptors (Lipinski definition) is 2. The molecule has 0 aliphatic heterocycles. The highest BCUT2D eigenvalue weighted by Gasteiger charge is 2.30. The Labute approximate surface area is 95.9 Å². The van der Waals surface area contributed by atoms with Crippen LogP contribution in [0.25, 0.3) is 11.3 Å². The van der Waals surface area contributed by atoms with Gasteiger partial charge in [-0.2, -0.15) is 13.2 Å². The van der Waals surface area contributed by atoms with Gasteiger partial charge < -0.3 is 5.73 Å². The number of pyridine rings is 1. The largest absolute Gasteiger partial charge is 0.416 e. The molecule has 2 rings (SSSR count). The van der Waals surface area contributed by atoms with Gasteiger partial charge >= 0.3 is 6.18 Å². The molecular formula is C12H9F3N2. The molecule has 0 unspecified atom stereocenters. The number of nitrogen functional groups attached to an aromatic ring is 1. The summed E-state index contributed by atoms with van der Waals surface area (Å²) < 4.78 is 37.5. The maximum atomic E-state index is 12.5. The molecule has 1 heterocycles. The molecule has 5 heteroatoms. The van der Waals surface area contributed by atoms with Gasteiger partial charge in [-0.25, -0.2) is 0 Å². The first-order valence-electron chi connectivity index (χ1n) is 4.86. The highest BCUT2D eigenvalue weighted by Crippen LogP contribution is 2.31. The summed E-state index contributed by atoms with van der Waals surface area (Å²) >= 11 is 0. The molecule has 1 aromatic heterocycles. The third-order valence-corrected chi connectivity index (χ3v) is 2.27.